The Hall–Kier alpha value is -1.92. The van der Waals surface area contributed by atoms with Gasteiger partial charge in [0.15, 0.2) is 5.13 Å². The molecule has 3 aromatic rings. The zero-order valence-corrected chi connectivity index (χ0v) is 12.5. The zero-order chi connectivity index (χ0) is 14.1. The average Bonchev–Trinajstić information content (AvgIpc) is 3.17. The molecule has 1 aliphatic rings. The summed E-state index contributed by atoms with van der Waals surface area (Å²) in [5, 5.41) is 3.18. The maximum Gasteiger partial charge on any atom is 0.185 e. The van der Waals surface area contributed by atoms with Crippen molar-refractivity contribution in [1.29, 1.82) is 0 Å². The minimum atomic E-state index is 0.924. The van der Waals surface area contributed by atoms with E-state index in [4.69, 9.17) is 0 Å². The molecule has 0 atom stereocenters. The van der Waals surface area contributed by atoms with E-state index in [-0.39, 0.29) is 0 Å². The Morgan fingerprint density at radius 2 is 2.05 bits per heavy atom. The lowest BCUT2D eigenvalue weighted by Crippen LogP contribution is -2.45. The maximum atomic E-state index is 4.67. The van der Waals surface area contributed by atoms with Gasteiger partial charge in [0.2, 0.25) is 0 Å². The molecule has 0 radical (unpaired) electrons. The summed E-state index contributed by atoms with van der Waals surface area (Å²) < 4.78 is 2.08. The monoisotopic (exact) mass is 299 g/mol. The van der Waals surface area contributed by atoms with Gasteiger partial charge in [-0.25, -0.2) is 9.97 Å². The summed E-state index contributed by atoms with van der Waals surface area (Å²) in [7, 11) is 0. The molecule has 4 rings (SSSR count). The highest BCUT2D eigenvalue weighted by Gasteiger charge is 2.19. The van der Waals surface area contributed by atoms with E-state index in [1.165, 1.54) is 0 Å². The minimum absolute atomic E-state index is 0.924. The Balaban J connectivity index is 1.40. The van der Waals surface area contributed by atoms with Crippen LogP contribution in [-0.2, 0) is 6.54 Å². The van der Waals surface area contributed by atoms with E-state index in [2.05, 4.69) is 30.4 Å². The third kappa shape index (κ3) is 2.64. The van der Waals surface area contributed by atoms with Gasteiger partial charge in [0.25, 0.3) is 0 Å². The van der Waals surface area contributed by atoms with Crippen molar-refractivity contribution >= 4 is 22.1 Å². The number of pyridine rings is 1. The van der Waals surface area contributed by atoms with Crippen LogP contribution in [-0.4, -0.2) is 45.4 Å². The van der Waals surface area contributed by atoms with Crippen LogP contribution in [0.15, 0.2) is 42.2 Å². The average molecular weight is 299 g/mol. The topological polar surface area (TPSA) is 36.7 Å². The second-order valence-electron chi connectivity index (χ2n) is 5.28. The molecule has 1 saturated heterocycles. The van der Waals surface area contributed by atoms with Crippen molar-refractivity contribution in [3.63, 3.8) is 0 Å². The minimum Gasteiger partial charge on any atom is -0.346 e. The molecule has 0 spiro atoms. The van der Waals surface area contributed by atoms with Crippen molar-refractivity contribution in [2.24, 2.45) is 0 Å². The quantitative estimate of drug-likeness (QED) is 0.742. The Labute approximate surface area is 127 Å². The molecule has 1 aliphatic heterocycles. The first-order valence-corrected chi connectivity index (χ1v) is 8.06. The Kier molecular flexibility index (Phi) is 3.33. The van der Waals surface area contributed by atoms with Gasteiger partial charge in [0.05, 0.1) is 5.69 Å². The predicted molar refractivity (Wildman–Crippen MR) is 84.8 cm³/mol. The maximum absolute atomic E-state index is 4.67. The predicted octanol–water partition coefficient (Wildman–Crippen LogP) is 2.11. The number of hydrogen-bond acceptors (Lipinski definition) is 5. The summed E-state index contributed by atoms with van der Waals surface area (Å²) in [6, 6.07) is 6.11. The Morgan fingerprint density at radius 3 is 2.81 bits per heavy atom. The van der Waals surface area contributed by atoms with E-state index >= 15 is 0 Å². The van der Waals surface area contributed by atoms with E-state index in [1.807, 2.05) is 36.0 Å². The highest BCUT2D eigenvalue weighted by Crippen LogP contribution is 2.19. The molecule has 0 aliphatic carbocycles. The van der Waals surface area contributed by atoms with Gasteiger partial charge in [-0.05, 0) is 12.1 Å². The number of rotatable bonds is 3. The number of nitrogens with zero attached hydrogens (tertiary/aromatic N) is 5. The third-order valence-corrected chi connectivity index (χ3v) is 4.69. The highest BCUT2D eigenvalue weighted by molar-refractivity contribution is 7.13. The van der Waals surface area contributed by atoms with E-state index < -0.39 is 0 Å². The van der Waals surface area contributed by atoms with Crippen molar-refractivity contribution in [2.75, 3.05) is 31.1 Å². The van der Waals surface area contributed by atoms with Crippen molar-refractivity contribution in [1.82, 2.24) is 19.3 Å². The molecule has 0 saturated carbocycles. The fourth-order valence-electron chi connectivity index (χ4n) is 2.76. The summed E-state index contributed by atoms with van der Waals surface area (Å²) in [6.07, 6.45) is 6.05. The Bertz CT molecular complexity index is 680. The molecule has 0 N–H and O–H groups in total. The summed E-state index contributed by atoms with van der Waals surface area (Å²) >= 11 is 1.72. The van der Waals surface area contributed by atoms with Gasteiger partial charge in [-0.15, -0.1) is 11.3 Å². The van der Waals surface area contributed by atoms with Crippen LogP contribution in [0.2, 0.25) is 0 Å². The fraction of sp³-hybridized carbons (Fsp3) is 0.333. The van der Waals surface area contributed by atoms with Gasteiger partial charge >= 0.3 is 0 Å². The second kappa shape index (κ2) is 5.46. The van der Waals surface area contributed by atoms with Crippen LogP contribution < -0.4 is 4.90 Å². The molecule has 4 heterocycles. The normalized spacial score (nSPS) is 16.7. The van der Waals surface area contributed by atoms with Crippen molar-refractivity contribution in [3.05, 3.63) is 47.9 Å². The first kappa shape index (κ1) is 12.8. The van der Waals surface area contributed by atoms with Gasteiger partial charge in [-0.1, -0.05) is 6.07 Å². The van der Waals surface area contributed by atoms with Gasteiger partial charge in [-0.3, -0.25) is 4.90 Å². The molecule has 0 amide bonds. The molecular weight excluding hydrogens is 282 g/mol. The number of thiazole rings is 1. The van der Waals surface area contributed by atoms with Crippen LogP contribution in [0.3, 0.4) is 0 Å². The summed E-state index contributed by atoms with van der Waals surface area (Å²) in [6.45, 7) is 5.13. The highest BCUT2D eigenvalue weighted by atomic mass is 32.1. The van der Waals surface area contributed by atoms with Gasteiger partial charge in [0.1, 0.15) is 5.65 Å². The van der Waals surface area contributed by atoms with Crippen LogP contribution in [0.1, 0.15) is 5.69 Å². The molecule has 108 valence electrons. The standard InChI is InChI=1S/C15H17N5S/c1-2-5-20-12-13(17-14(20)3-1)11-18-6-8-19(9-7-18)15-16-4-10-21-15/h1-5,10,12H,6-9,11H2. The fourth-order valence-corrected chi connectivity index (χ4v) is 3.46. The number of imidazole rings is 1. The van der Waals surface area contributed by atoms with Crippen molar-refractivity contribution < 1.29 is 0 Å². The molecule has 0 unspecified atom stereocenters. The van der Waals surface area contributed by atoms with Crippen LogP contribution in [0, 0.1) is 0 Å². The molecule has 1 fully saturated rings. The van der Waals surface area contributed by atoms with Crippen LogP contribution in [0.25, 0.3) is 5.65 Å². The Morgan fingerprint density at radius 1 is 1.14 bits per heavy atom. The molecule has 0 aromatic carbocycles. The lowest BCUT2D eigenvalue weighted by atomic mass is 10.3. The van der Waals surface area contributed by atoms with Crippen molar-refractivity contribution in [2.45, 2.75) is 6.54 Å². The van der Waals surface area contributed by atoms with Crippen LogP contribution >= 0.6 is 11.3 Å². The van der Waals surface area contributed by atoms with Gasteiger partial charge in [0, 0.05) is 56.7 Å². The summed E-state index contributed by atoms with van der Waals surface area (Å²) in [5.74, 6) is 0. The number of anilines is 1. The molecular formula is C15H17N5S. The molecule has 3 aromatic heterocycles. The van der Waals surface area contributed by atoms with Crippen LogP contribution in [0.4, 0.5) is 5.13 Å². The number of hydrogen-bond donors (Lipinski definition) is 0. The lowest BCUT2D eigenvalue weighted by molar-refractivity contribution is 0.247. The molecule has 0 bridgehead atoms. The lowest BCUT2D eigenvalue weighted by Gasteiger charge is -2.34. The smallest absolute Gasteiger partial charge is 0.185 e. The molecule has 21 heavy (non-hydrogen) atoms. The number of fused-ring (bicyclic) bond motifs is 1. The van der Waals surface area contributed by atoms with E-state index in [1.54, 1.807) is 11.3 Å². The van der Waals surface area contributed by atoms with Crippen LogP contribution in [0.5, 0.6) is 0 Å². The second-order valence-corrected chi connectivity index (χ2v) is 6.15. The van der Waals surface area contributed by atoms with Crippen molar-refractivity contribution in [3.8, 4) is 0 Å². The van der Waals surface area contributed by atoms with E-state index in [0.717, 1.165) is 49.2 Å². The van der Waals surface area contributed by atoms with Gasteiger partial charge < -0.3 is 9.30 Å². The number of aromatic nitrogens is 3. The third-order valence-electron chi connectivity index (χ3n) is 3.86. The molecule has 5 nitrogen and oxygen atoms in total. The summed E-state index contributed by atoms with van der Waals surface area (Å²) in [5.41, 5.74) is 2.16. The largest absolute Gasteiger partial charge is 0.346 e. The SMILES string of the molecule is c1ccn2cc(CN3CCN(c4nccs4)CC3)nc2c1. The van der Waals surface area contributed by atoms with Gasteiger partial charge in [-0.2, -0.15) is 0 Å². The summed E-state index contributed by atoms with van der Waals surface area (Å²) in [4.78, 5) is 13.9. The number of piperazine rings is 1. The first-order valence-electron chi connectivity index (χ1n) is 7.18. The zero-order valence-electron chi connectivity index (χ0n) is 11.7. The first-order chi connectivity index (χ1) is 10.4. The molecule has 6 heteroatoms. The van der Waals surface area contributed by atoms with E-state index in [9.17, 15) is 0 Å². The van der Waals surface area contributed by atoms with E-state index in [0.29, 0.717) is 0 Å².